The number of hydrogen-bond donors (Lipinski definition) is 2. The smallest absolute Gasteiger partial charge is 0.338 e. The van der Waals surface area contributed by atoms with Crippen LogP contribution in [0.5, 0.6) is 0 Å². The van der Waals surface area contributed by atoms with Crippen LogP contribution < -0.4 is 10.9 Å². The zero-order valence-electron chi connectivity index (χ0n) is 16.1. The van der Waals surface area contributed by atoms with Crippen LogP contribution in [0.15, 0.2) is 59.5 Å². The minimum absolute atomic E-state index is 0.0217. The lowest BCUT2D eigenvalue weighted by Crippen LogP contribution is -2.46. The van der Waals surface area contributed by atoms with Gasteiger partial charge in [0.1, 0.15) is 0 Å². The molecule has 0 heterocycles. The monoisotopic (exact) mass is 419 g/mol. The normalized spacial score (nSPS) is 12.1. The average molecular weight is 419 g/mol. The molecule has 2 N–H and O–H groups in total. The van der Waals surface area contributed by atoms with E-state index in [0.29, 0.717) is 5.56 Å². The van der Waals surface area contributed by atoms with Crippen LogP contribution in [0.4, 0.5) is 0 Å². The van der Waals surface area contributed by atoms with Gasteiger partial charge in [-0.3, -0.25) is 20.4 Å². The fourth-order valence-corrected chi connectivity index (χ4v) is 3.04. The van der Waals surface area contributed by atoms with Gasteiger partial charge in [0.05, 0.1) is 10.5 Å². The molecule has 0 unspecified atom stereocenters. The van der Waals surface area contributed by atoms with E-state index >= 15 is 0 Å². The molecule has 0 aliphatic rings. The standard InChI is InChI=1S/C19H21N3O6S/c1-13(17(23)20-21-18(24)14-7-5-4-6-8-14)28-19(25)15-9-11-16(12-10-15)29(26,27)22(2)3/h4-13H,1-3H3,(H,20,23)(H,21,24)/t13-/m1/s1. The number of esters is 1. The van der Waals surface area contributed by atoms with Crippen molar-refractivity contribution in [3.63, 3.8) is 0 Å². The molecule has 2 aromatic rings. The second-order valence-electron chi connectivity index (χ2n) is 6.17. The van der Waals surface area contributed by atoms with Crippen LogP contribution in [-0.2, 0) is 19.6 Å². The Balaban J connectivity index is 1.92. The molecule has 0 saturated carbocycles. The molecule has 0 saturated heterocycles. The van der Waals surface area contributed by atoms with Gasteiger partial charge in [0.25, 0.3) is 11.8 Å². The van der Waals surface area contributed by atoms with Crippen LogP contribution in [0.3, 0.4) is 0 Å². The summed E-state index contributed by atoms with van der Waals surface area (Å²) in [5, 5.41) is 0. The van der Waals surface area contributed by atoms with Gasteiger partial charge in [-0.2, -0.15) is 0 Å². The lowest BCUT2D eigenvalue weighted by molar-refractivity contribution is -0.129. The predicted octanol–water partition coefficient (Wildman–Crippen LogP) is 0.943. The van der Waals surface area contributed by atoms with E-state index in [1.165, 1.54) is 45.3 Å². The molecular weight excluding hydrogens is 398 g/mol. The van der Waals surface area contributed by atoms with Gasteiger partial charge in [-0.15, -0.1) is 0 Å². The summed E-state index contributed by atoms with van der Waals surface area (Å²) in [6.45, 7) is 1.34. The Bertz CT molecular complexity index is 988. The van der Waals surface area contributed by atoms with Crippen LogP contribution in [0, 0.1) is 0 Å². The number of ether oxygens (including phenoxy) is 1. The third-order valence-corrected chi connectivity index (χ3v) is 5.69. The van der Waals surface area contributed by atoms with Crippen LogP contribution in [0.1, 0.15) is 27.6 Å². The van der Waals surface area contributed by atoms with Crippen molar-refractivity contribution in [2.24, 2.45) is 0 Å². The highest BCUT2D eigenvalue weighted by Crippen LogP contribution is 2.15. The number of nitrogens with one attached hydrogen (secondary N) is 2. The van der Waals surface area contributed by atoms with E-state index in [1.54, 1.807) is 30.3 Å². The van der Waals surface area contributed by atoms with Gasteiger partial charge in [0.2, 0.25) is 10.0 Å². The van der Waals surface area contributed by atoms with Gasteiger partial charge in [0, 0.05) is 19.7 Å². The number of hydrogen-bond acceptors (Lipinski definition) is 6. The second-order valence-corrected chi connectivity index (χ2v) is 8.32. The lowest BCUT2D eigenvalue weighted by atomic mass is 10.2. The summed E-state index contributed by atoms with van der Waals surface area (Å²) in [4.78, 5) is 36.1. The molecule has 2 aromatic carbocycles. The first kappa shape index (κ1) is 22.1. The van der Waals surface area contributed by atoms with Crippen molar-refractivity contribution in [1.82, 2.24) is 15.2 Å². The fraction of sp³-hybridized carbons (Fsp3) is 0.211. The van der Waals surface area contributed by atoms with Crippen molar-refractivity contribution in [3.8, 4) is 0 Å². The molecule has 0 spiro atoms. The molecule has 0 aromatic heterocycles. The van der Waals surface area contributed by atoms with Crippen LogP contribution in [0.2, 0.25) is 0 Å². The maximum atomic E-state index is 12.2. The quantitative estimate of drug-likeness (QED) is 0.531. The maximum Gasteiger partial charge on any atom is 0.338 e. The van der Waals surface area contributed by atoms with Crippen molar-refractivity contribution in [2.45, 2.75) is 17.9 Å². The summed E-state index contributed by atoms with van der Waals surface area (Å²) in [5.74, 6) is -2.06. The highest BCUT2D eigenvalue weighted by atomic mass is 32.2. The molecule has 154 valence electrons. The van der Waals surface area contributed by atoms with Gasteiger partial charge in [-0.25, -0.2) is 17.5 Å². The molecule has 0 radical (unpaired) electrons. The first-order chi connectivity index (χ1) is 13.6. The first-order valence-corrected chi connectivity index (χ1v) is 9.95. The van der Waals surface area contributed by atoms with Gasteiger partial charge in [-0.05, 0) is 43.3 Å². The molecule has 9 nitrogen and oxygen atoms in total. The van der Waals surface area contributed by atoms with Gasteiger partial charge < -0.3 is 4.74 Å². The molecule has 0 aliphatic heterocycles. The topological polar surface area (TPSA) is 122 Å². The fourth-order valence-electron chi connectivity index (χ4n) is 2.14. The SMILES string of the molecule is C[C@@H](OC(=O)c1ccc(S(=O)(=O)N(C)C)cc1)C(=O)NNC(=O)c1ccccc1. The maximum absolute atomic E-state index is 12.2. The van der Waals surface area contributed by atoms with Crippen LogP contribution in [-0.4, -0.2) is 50.7 Å². The Morgan fingerprint density at radius 2 is 1.48 bits per heavy atom. The summed E-state index contributed by atoms with van der Waals surface area (Å²) in [6, 6.07) is 13.4. The number of carbonyl (C=O) groups is 3. The summed E-state index contributed by atoms with van der Waals surface area (Å²) in [6.07, 6.45) is -1.19. The third kappa shape index (κ3) is 5.62. The zero-order valence-corrected chi connectivity index (χ0v) is 16.9. The average Bonchev–Trinajstić information content (AvgIpc) is 2.72. The van der Waals surface area contributed by atoms with E-state index < -0.39 is 33.9 Å². The number of nitrogens with zero attached hydrogens (tertiary/aromatic N) is 1. The molecule has 2 rings (SSSR count). The molecule has 10 heteroatoms. The van der Waals surface area contributed by atoms with E-state index in [9.17, 15) is 22.8 Å². The number of rotatable bonds is 6. The van der Waals surface area contributed by atoms with Crippen molar-refractivity contribution in [2.75, 3.05) is 14.1 Å². The summed E-state index contributed by atoms with van der Waals surface area (Å²) in [7, 11) is -0.823. The molecular formula is C19H21N3O6S. The van der Waals surface area contributed by atoms with Crippen LogP contribution in [0.25, 0.3) is 0 Å². The highest BCUT2D eigenvalue weighted by Gasteiger charge is 2.21. The molecule has 0 aliphatic carbocycles. The molecule has 1 atom stereocenters. The predicted molar refractivity (Wildman–Crippen MR) is 104 cm³/mol. The van der Waals surface area contributed by atoms with Crippen molar-refractivity contribution in [3.05, 3.63) is 65.7 Å². The summed E-state index contributed by atoms with van der Waals surface area (Å²) < 4.78 is 30.2. The summed E-state index contributed by atoms with van der Waals surface area (Å²) in [5.41, 5.74) is 4.84. The van der Waals surface area contributed by atoms with E-state index in [4.69, 9.17) is 4.74 Å². The van der Waals surface area contributed by atoms with E-state index in [-0.39, 0.29) is 10.5 Å². The van der Waals surface area contributed by atoms with E-state index in [0.717, 1.165) is 4.31 Å². The molecule has 29 heavy (non-hydrogen) atoms. The highest BCUT2D eigenvalue weighted by molar-refractivity contribution is 7.89. The van der Waals surface area contributed by atoms with Crippen molar-refractivity contribution in [1.29, 1.82) is 0 Å². The van der Waals surface area contributed by atoms with Gasteiger partial charge in [0.15, 0.2) is 6.10 Å². The number of hydrazine groups is 1. The largest absolute Gasteiger partial charge is 0.449 e. The Kier molecular flexibility index (Phi) is 7.08. The molecule has 0 fully saturated rings. The number of amides is 2. The Labute approximate surface area is 168 Å². The lowest BCUT2D eigenvalue weighted by Gasteiger charge is -2.15. The van der Waals surface area contributed by atoms with Crippen molar-refractivity contribution >= 4 is 27.8 Å². The zero-order chi connectivity index (χ0) is 21.6. The Hall–Kier alpha value is -3.24. The summed E-state index contributed by atoms with van der Waals surface area (Å²) >= 11 is 0. The van der Waals surface area contributed by atoms with Crippen molar-refractivity contribution < 1.29 is 27.5 Å². The first-order valence-electron chi connectivity index (χ1n) is 8.51. The van der Waals surface area contributed by atoms with Crippen LogP contribution >= 0.6 is 0 Å². The van der Waals surface area contributed by atoms with E-state index in [1.807, 2.05) is 0 Å². The van der Waals surface area contributed by atoms with Gasteiger partial charge in [-0.1, -0.05) is 18.2 Å². The second kappa shape index (κ2) is 9.30. The molecule has 2 amide bonds. The Morgan fingerprint density at radius 1 is 0.897 bits per heavy atom. The van der Waals surface area contributed by atoms with Gasteiger partial charge >= 0.3 is 5.97 Å². The molecule has 0 bridgehead atoms. The minimum atomic E-state index is -3.62. The van der Waals surface area contributed by atoms with E-state index in [2.05, 4.69) is 10.9 Å². The minimum Gasteiger partial charge on any atom is -0.449 e. The third-order valence-electron chi connectivity index (χ3n) is 3.86. The Morgan fingerprint density at radius 3 is 2.03 bits per heavy atom. The number of benzene rings is 2. The number of sulfonamides is 1. The number of carbonyl (C=O) groups excluding carboxylic acids is 3.